The highest BCUT2D eigenvalue weighted by Gasteiger charge is 2.32. The van der Waals surface area contributed by atoms with Gasteiger partial charge in [-0.05, 0) is 35.4 Å². The Hall–Kier alpha value is -2.51. The summed E-state index contributed by atoms with van der Waals surface area (Å²) in [6.45, 7) is 3.71. The van der Waals surface area contributed by atoms with E-state index in [-0.39, 0.29) is 12.1 Å². The third kappa shape index (κ3) is 5.74. The number of aliphatic imine (C=N–C) groups is 1. The van der Waals surface area contributed by atoms with E-state index in [1.54, 1.807) is 6.07 Å². The molecule has 150 valence electrons. The first-order valence-corrected chi connectivity index (χ1v) is 10.7. The Labute approximate surface area is 176 Å². The van der Waals surface area contributed by atoms with E-state index in [0.717, 1.165) is 16.5 Å². The number of nitrogens with zero attached hydrogens (tertiary/aromatic N) is 1. The van der Waals surface area contributed by atoms with E-state index in [2.05, 4.69) is 17.0 Å². The quantitative estimate of drug-likeness (QED) is 0.395. The summed E-state index contributed by atoms with van der Waals surface area (Å²) < 4.78 is 40.0. The topological polar surface area (TPSA) is 24.4 Å². The molecule has 1 N–H and O–H groups in total. The van der Waals surface area contributed by atoms with Crippen LogP contribution in [0.25, 0.3) is 5.70 Å². The third-order valence-corrected chi connectivity index (χ3v) is 6.10. The highest BCUT2D eigenvalue weighted by atomic mass is 32.2. The molecule has 29 heavy (non-hydrogen) atoms. The van der Waals surface area contributed by atoms with Crippen LogP contribution >= 0.6 is 23.1 Å². The van der Waals surface area contributed by atoms with Crippen LogP contribution in [0.5, 0.6) is 0 Å². The highest BCUT2D eigenvalue weighted by Crippen LogP contribution is 2.34. The lowest BCUT2D eigenvalue weighted by Crippen LogP contribution is -2.17. The molecule has 0 spiro atoms. The summed E-state index contributed by atoms with van der Waals surface area (Å²) in [7, 11) is 0. The predicted molar refractivity (Wildman–Crippen MR) is 117 cm³/mol. The van der Waals surface area contributed by atoms with Gasteiger partial charge in [0.1, 0.15) is 5.70 Å². The van der Waals surface area contributed by atoms with E-state index >= 15 is 0 Å². The van der Waals surface area contributed by atoms with Gasteiger partial charge in [-0.2, -0.15) is 13.2 Å². The van der Waals surface area contributed by atoms with Gasteiger partial charge >= 0.3 is 6.18 Å². The maximum atomic E-state index is 13.3. The lowest BCUT2D eigenvalue weighted by molar-refractivity contribution is -0.138. The van der Waals surface area contributed by atoms with Gasteiger partial charge < -0.3 is 5.32 Å². The van der Waals surface area contributed by atoms with Gasteiger partial charge in [0.15, 0.2) is 0 Å². The molecule has 3 aromatic rings. The number of rotatable bonds is 8. The predicted octanol–water partition coefficient (Wildman–Crippen LogP) is 6.82. The summed E-state index contributed by atoms with van der Waals surface area (Å²) >= 11 is 3.01. The Morgan fingerprint density at radius 1 is 1.00 bits per heavy atom. The minimum Gasteiger partial charge on any atom is -0.374 e. The zero-order chi connectivity index (χ0) is 20.7. The fourth-order valence-electron chi connectivity index (χ4n) is 2.73. The van der Waals surface area contributed by atoms with Crippen molar-refractivity contribution in [2.45, 2.75) is 18.5 Å². The van der Waals surface area contributed by atoms with Crippen molar-refractivity contribution in [3.05, 3.63) is 98.7 Å². The summed E-state index contributed by atoms with van der Waals surface area (Å²) in [5.41, 5.74) is 1.31. The van der Waals surface area contributed by atoms with Gasteiger partial charge in [-0.25, -0.2) is 0 Å². The molecule has 2 nitrogen and oxygen atoms in total. The van der Waals surface area contributed by atoms with Crippen LogP contribution in [-0.4, -0.2) is 6.72 Å². The van der Waals surface area contributed by atoms with Gasteiger partial charge in [0, 0.05) is 12.3 Å². The van der Waals surface area contributed by atoms with Crippen LogP contribution in [0.2, 0.25) is 0 Å². The summed E-state index contributed by atoms with van der Waals surface area (Å²) in [4.78, 5) is 5.07. The maximum absolute atomic E-state index is 13.3. The zero-order valence-electron chi connectivity index (χ0n) is 15.4. The van der Waals surface area contributed by atoms with E-state index in [0.29, 0.717) is 16.5 Å². The van der Waals surface area contributed by atoms with Crippen molar-refractivity contribution in [3.63, 3.8) is 0 Å². The van der Waals surface area contributed by atoms with Crippen LogP contribution in [0.3, 0.4) is 0 Å². The number of alkyl halides is 3. The summed E-state index contributed by atoms with van der Waals surface area (Å²) in [6, 6.07) is 19.3. The van der Waals surface area contributed by atoms with Crippen molar-refractivity contribution >= 4 is 35.5 Å². The van der Waals surface area contributed by atoms with Gasteiger partial charge in [-0.15, -0.1) is 23.1 Å². The van der Waals surface area contributed by atoms with Crippen LogP contribution in [0.15, 0.2) is 82.1 Å². The Balaban J connectivity index is 1.87. The van der Waals surface area contributed by atoms with E-state index in [1.807, 2.05) is 47.8 Å². The molecule has 0 saturated carbocycles. The molecule has 0 amide bonds. The van der Waals surface area contributed by atoms with Gasteiger partial charge in [-0.3, -0.25) is 4.99 Å². The average Bonchev–Trinajstić information content (AvgIpc) is 3.25. The number of hydrogen-bond donors (Lipinski definition) is 1. The minimum atomic E-state index is -4.40. The van der Waals surface area contributed by atoms with Crippen molar-refractivity contribution < 1.29 is 13.2 Å². The SMILES string of the molecule is C=N/C(=C(/NCc1ccccc1C(F)(F)F)SCc1ccccc1)c1cccs1. The highest BCUT2D eigenvalue weighted by molar-refractivity contribution is 8.02. The second-order valence-electron chi connectivity index (χ2n) is 6.10. The Morgan fingerprint density at radius 3 is 2.38 bits per heavy atom. The molecule has 7 heteroatoms. The fourth-order valence-corrected chi connectivity index (χ4v) is 4.53. The van der Waals surface area contributed by atoms with Gasteiger partial charge in [0.25, 0.3) is 0 Å². The van der Waals surface area contributed by atoms with Crippen LogP contribution < -0.4 is 5.32 Å². The molecule has 0 unspecified atom stereocenters. The van der Waals surface area contributed by atoms with E-state index < -0.39 is 11.7 Å². The smallest absolute Gasteiger partial charge is 0.374 e. The maximum Gasteiger partial charge on any atom is 0.416 e. The molecule has 0 aliphatic heterocycles. The fraction of sp³-hybridized carbons (Fsp3) is 0.136. The normalized spacial score (nSPS) is 12.4. The van der Waals surface area contributed by atoms with Gasteiger partial charge in [-0.1, -0.05) is 54.6 Å². The summed E-state index contributed by atoms with van der Waals surface area (Å²) in [5.74, 6) is 0.661. The first-order chi connectivity index (χ1) is 14.0. The zero-order valence-corrected chi connectivity index (χ0v) is 17.1. The second kappa shape index (κ2) is 9.80. The summed E-state index contributed by atoms with van der Waals surface area (Å²) in [6.07, 6.45) is -4.40. The van der Waals surface area contributed by atoms with Crippen molar-refractivity contribution in [1.29, 1.82) is 0 Å². The van der Waals surface area contributed by atoms with Gasteiger partial charge in [0.05, 0.1) is 15.5 Å². The molecular formula is C22H19F3N2S2. The molecule has 0 aliphatic rings. The minimum absolute atomic E-state index is 0.0389. The molecule has 0 atom stereocenters. The molecule has 3 rings (SSSR count). The number of nitrogens with one attached hydrogen (secondary N) is 1. The monoisotopic (exact) mass is 432 g/mol. The first kappa shape index (κ1) is 21.2. The van der Waals surface area contributed by atoms with E-state index in [4.69, 9.17) is 0 Å². The molecule has 1 aromatic heterocycles. The second-order valence-corrected chi connectivity index (χ2v) is 8.03. The summed E-state index contributed by atoms with van der Waals surface area (Å²) in [5, 5.41) is 5.80. The number of thioether (sulfide) groups is 1. The number of benzene rings is 2. The molecule has 0 fully saturated rings. The Bertz CT molecular complexity index is 965. The molecule has 0 radical (unpaired) electrons. The third-order valence-electron chi connectivity index (χ3n) is 4.12. The number of halogens is 3. The van der Waals surface area contributed by atoms with Gasteiger partial charge in [0.2, 0.25) is 0 Å². The Morgan fingerprint density at radius 2 is 1.72 bits per heavy atom. The van der Waals surface area contributed by atoms with Crippen molar-refractivity contribution in [3.8, 4) is 0 Å². The number of thiophene rings is 1. The molecule has 0 bridgehead atoms. The van der Waals surface area contributed by atoms with Crippen LogP contribution in [0.1, 0.15) is 21.6 Å². The van der Waals surface area contributed by atoms with Crippen molar-refractivity contribution in [2.75, 3.05) is 0 Å². The molecular weight excluding hydrogens is 413 g/mol. The average molecular weight is 433 g/mol. The Kier molecular flexibility index (Phi) is 7.17. The van der Waals surface area contributed by atoms with Crippen LogP contribution in [0.4, 0.5) is 13.2 Å². The largest absolute Gasteiger partial charge is 0.416 e. The molecule has 1 heterocycles. The molecule has 0 saturated heterocycles. The lowest BCUT2D eigenvalue weighted by atomic mass is 10.1. The van der Waals surface area contributed by atoms with Crippen LogP contribution in [0, 0.1) is 0 Å². The molecule has 2 aromatic carbocycles. The van der Waals surface area contributed by atoms with E-state index in [9.17, 15) is 13.2 Å². The van der Waals surface area contributed by atoms with Crippen LogP contribution in [-0.2, 0) is 18.5 Å². The lowest BCUT2D eigenvalue weighted by Gasteiger charge is -2.17. The number of hydrogen-bond acceptors (Lipinski definition) is 4. The molecule has 0 aliphatic carbocycles. The van der Waals surface area contributed by atoms with Crippen molar-refractivity contribution in [1.82, 2.24) is 5.32 Å². The van der Waals surface area contributed by atoms with Crippen molar-refractivity contribution in [2.24, 2.45) is 4.99 Å². The van der Waals surface area contributed by atoms with E-state index in [1.165, 1.54) is 35.2 Å². The standard InChI is InChI=1S/C22H19F3N2S2/c1-26-20(19-12-7-13-28-19)21(29-15-16-8-3-2-4-9-16)27-14-17-10-5-6-11-18(17)22(23,24)25/h2-13,27H,1,14-15H2/b21-20-. The first-order valence-electron chi connectivity index (χ1n) is 8.79.